The number of hydrogen-bond donors (Lipinski definition) is 1. The van der Waals surface area contributed by atoms with Crippen molar-refractivity contribution in [1.29, 1.82) is 0 Å². The van der Waals surface area contributed by atoms with E-state index in [1.54, 1.807) is 18.5 Å². The average Bonchev–Trinajstić information content (AvgIpc) is 2.67. The second-order valence-electron chi connectivity index (χ2n) is 5.41. The molecular weight excluding hydrogens is 314 g/mol. The molecule has 0 radical (unpaired) electrons. The second-order valence-corrected chi connectivity index (χ2v) is 5.41. The van der Waals surface area contributed by atoms with Crippen molar-refractivity contribution in [3.63, 3.8) is 0 Å². The minimum atomic E-state index is -0.141. The van der Waals surface area contributed by atoms with Crippen molar-refractivity contribution >= 4 is 22.9 Å². The number of nitrogens with one attached hydrogen (secondary N) is 1. The Bertz CT molecular complexity index is 858. The van der Waals surface area contributed by atoms with Crippen molar-refractivity contribution in [3.8, 4) is 5.75 Å². The van der Waals surface area contributed by atoms with Gasteiger partial charge in [0, 0.05) is 30.4 Å². The number of carbonyl (C=O) groups excluding carboxylic acids is 1. The van der Waals surface area contributed by atoms with Gasteiger partial charge in [0.25, 0.3) is 0 Å². The summed E-state index contributed by atoms with van der Waals surface area (Å²) in [4.78, 5) is 20.2. The van der Waals surface area contributed by atoms with Gasteiger partial charge in [-0.1, -0.05) is 24.3 Å². The van der Waals surface area contributed by atoms with Crippen molar-refractivity contribution in [2.24, 2.45) is 0 Å². The number of carbonyl (C=O) groups is 1. The summed E-state index contributed by atoms with van der Waals surface area (Å²) in [6.07, 6.45) is 7.33. The first-order chi connectivity index (χ1) is 12.3. The number of para-hydroxylation sites is 1. The predicted octanol–water partition coefficient (Wildman–Crippen LogP) is 3.23. The quantitative estimate of drug-likeness (QED) is 0.532. The highest BCUT2D eigenvalue weighted by molar-refractivity contribution is 5.91. The lowest BCUT2D eigenvalue weighted by atomic mass is 10.2. The molecule has 0 atom stereocenters. The average molecular weight is 333 g/mol. The summed E-state index contributed by atoms with van der Waals surface area (Å²) in [5.74, 6) is 0.622. The summed E-state index contributed by atoms with van der Waals surface area (Å²) in [5, 5.41) is 3.88. The Morgan fingerprint density at radius 3 is 2.80 bits per heavy atom. The van der Waals surface area contributed by atoms with Gasteiger partial charge in [-0.2, -0.15) is 0 Å². The molecular formula is C20H19N3O2. The van der Waals surface area contributed by atoms with Gasteiger partial charge in [-0.05, 0) is 36.8 Å². The molecule has 0 bridgehead atoms. The van der Waals surface area contributed by atoms with Crippen LogP contribution in [-0.2, 0) is 4.79 Å². The van der Waals surface area contributed by atoms with Gasteiger partial charge >= 0.3 is 0 Å². The van der Waals surface area contributed by atoms with Crippen molar-refractivity contribution in [2.75, 3.05) is 13.2 Å². The van der Waals surface area contributed by atoms with E-state index in [1.165, 1.54) is 6.08 Å². The minimum Gasteiger partial charge on any atom is -0.491 e. The molecule has 0 aliphatic rings. The van der Waals surface area contributed by atoms with Crippen LogP contribution in [0.5, 0.6) is 5.75 Å². The van der Waals surface area contributed by atoms with Gasteiger partial charge in [0.05, 0.1) is 12.3 Å². The van der Waals surface area contributed by atoms with Crippen molar-refractivity contribution < 1.29 is 9.53 Å². The maximum atomic E-state index is 11.7. The number of benzene rings is 1. The molecule has 0 fully saturated rings. The van der Waals surface area contributed by atoms with Gasteiger partial charge < -0.3 is 10.1 Å². The number of pyridine rings is 2. The molecule has 1 aromatic carbocycles. The van der Waals surface area contributed by atoms with E-state index in [4.69, 9.17) is 4.74 Å². The van der Waals surface area contributed by atoms with Crippen molar-refractivity contribution in [1.82, 2.24) is 15.3 Å². The minimum absolute atomic E-state index is 0.141. The standard InChI is InChI=1S/C20H19N3O2/c24-19(11-10-17-8-1-2-12-21-17)22-14-5-15-25-18-9-3-6-16-7-4-13-23-20(16)18/h1-4,6-13H,5,14-15H2,(H,22,24)/b11-10+. The van der Waals surface area contributed by atoms with Crippen molar-refractivity contribution in [3.05, 3.63) is 72.7 Å². The number of rotatable bonds is 7. The summed E-state index contributed by atoms with van der Waals surface area (Å²) < 4.78 is 5.79. The lowest BCUT2D eigenvalue weighted by molar-refractivity contribution is -0.116. The van der Waals surface area contributed by atoms with Crippen molar-refractivity contribution in [2.45, 2.75) is 6.42 Å². The van der Waals surface area contributed by atoms with Crippen LogP contribution in [-0.4, -0.2) is 29.0 Å². The zero-order valence-corrected chi connectivity index (χ0v) is 13.8. The summed E-state index contributed by atoms with van der Waals surface area (Å²) in [6.45, 7) is 1.06. The van der Waals surface area contributed by atoms with E-state index in [2.05, 4.69) is 15.3 Å². The molecule has 1 N–H and O–H groups in total. The molecule has 2 heterocycles. The van der Waals surface area contributed by atoms with Gasteiger partial charge in [-0.3, -0.25) is 14.8 Å². The summed E-state index contributed by atoms with van der Waals surface area (Å²) in [7, 11) is 0. The fourth-order valence-electron chi connectivity index (χ4n) is 2.35. The summed E-state index contributed by atoms with van der Waals surface area (Å²) in [5.41, 5.74) is 1.61. The van der Waals surface area contributed by atoms with Crippen LogP contribution < -0.4 is 10.1 Å². The molecule has 0 saturated carbocycles. The number of aromatic nitrogens is 2. The van der Waals surface area contributed by atoms with Crippen LogP contribution in [0.4, 0.5) is 0 Å². The molecule has 0 saturated heterocycles. The van der Waals surface area contributed by atoms with Gasteiger partial charge in [-0.25, -0.2) is 0 Å². The third-order valence-electron chi connectivity index (χ3n) is 3.57. The first-order valence-corrected chi connectivity index (χ1v) is 8.16. The van der Waals surface area contributed by atoms with Gasteiger partial charge in [0.2, 0.25) is 5.91 Å². The van der Waals surface area contributed by atoms with E-state index in [0.29, 0.717) is 19.6 Å². The molecule has 3 aromatic rings. The van der Waals surface area contributed by atoms with Gasteiger partial charge in [-0.15, -0.1) is 0 Å². The molecule has 0 aliphatic carbocycles. The van der Waals surface area contributed by atoms with E-state index in [9.17, 15) is 4.79 Å². The van der Waals surface area contributed by atoms with E-state index >= 15 is 0 Å². The monoisotopic (exact) mass is 333 g/mol. The Balaban J connectivity index is 1.41. The van der Waals surface area contributed by atoms with E-state index in [0.717, 1.165) is 22.3 Å². The number of hydrogen-bond acceptors (Lipinski definition) is 4. The number of fused-ring (bicyclic) bond motifs is 1. The fraction of sp³-hybridized carbons (Fsp3) is 0.150. The Labute approximate surface area is 146 Å². The number of nitrogens with zero attached hydrogens (tertiary/aromatic N) is 2. The van der Waals surface area contributed by atoms with Crippen LogP contribution in [0.3, 0.4) is 0 Å². The Kier molecular flexibility index (Phi) is 5.72. The Morgan fingerprint density at radius 1 is 1.04 bits per heavy atom. The van der Waals surface area contributed by atoms with Gasteiger partial charge in [0.15, 0.2) is 0 Å². The molecule has 25 heavy (non-hydrogen) atoms. The third-order valence-corrected chi connectivity index (χ3v) is 3.57. The molecule has 2 aromatic heterocycles. The maximum Gasteiger partial charge on any atom is 0.244 e. The molecule has 1 amide bonds. The topological polar surface area (TPSA) is 64.1 Å². The Hall–Kier alpha value is -3.21. The molecule has 3 rings (SSSR count). The van der Waals surface area contributed by atoms with Crippen LogP contribution >= 0.6 is 0 Å². The van der Waals surface area contributed by atoms with Gasteiger partial charge in [0.1, 0.15) is 11.3 Å². The maximum absolute atomic E-state index is 11.7. The molecule has 0 unspecified atom stereocenters. The highest BCUT2D eigenvalue weighted by Crippen LogP contribution is 2.22. The first kappa shape index (κ1) is 16.6. The zero-order chi connectivity index (χ0) is 17.3. The smallest absolute Gasteiger partial charge is 0.244 e. The highest BCUT2D eigenvalue weighted by atomic mass is 16.5. The lowest BCUT2D eigenvalue weighted by Crippen LogP contribution is -2.23. The molecule has 5 heteroatoms. The number of ether oxygens (including phenoxy) is 1. The van der Waals surface area contributed by atoms with Crippen LogP contribution in [0.15, 0.2) is 67.0 Å². The van der Waals surface area contributed by atoms with E-state index in [-0.39, 0.29) is 5.91 Å². The first-order valence-electron chi connectivity index (χ1n) is 8.16. The molecule has 0 aliphatic heterocycles. The molecule has 0 spiro atoms. The lowest BCUT2D eigenvalue weighted by Gasteiger charge is -2.08. The van der Waals surface area contributed by atoms with Crippen LogP contribution in [0.2, 0.25) is 0 Å². The normalized spacial score (nSPS) is 10.9. The van der Waals surface area contributed by atoms with Crippen LogP contribution in [0.1, 0.15) is 12.1 Å². The van der Waals surface area contributed by atoms with Crippen LogP contribution in [0, 0.1) is 0 Å². The SMILES string of the molecule is O=C(/C=C/c1ccccn1)NCCCOc1cccc2cccnc12. The second kappa shape index (κ2) is 8.59. The summed E-state index contributed by atoms with van der Waals surface area (Å²) >= 11 is 0. The van der Waals surface area contributed by atoms with Crippen LogP contribution in [0.25, 0.3) is 17.0 Å². The third kappa shape index (κ3) is 4.88. The molecule has 126 valence electrons. The fourth-order valence-corrected chi connectivity index (χ4v) is 2.35. The van der Waals surface area contributed by atoms with E-state index < -0.39 is 0 Å². The summed E-state index contributed by atoms with van der Waals surface area (Å²) in [6, 6.07) is 15.3. The Morgan fingerprint density at radius 2 is 1.92 bits per heavy atom. The largest absolute Gasteiger partial charge is 0.491 e. The van der Waals surface area contributed by atoms with E-state index in [1.807, 2.05) is 48.5 Å². The highest BCUT2D eigenvalue weighted by Gasteiger charge is 2.02. The molecule has 5 nitrogen and oxygen atoms in total. The zero-order valence-electron chi connectivity index (χ0n) is 13.8. The number of amides is 1. The predicted molar refractivity (Wildman–Crippen MR) is 98.1 cm³/mol.